The number of likely N-dealkylation sites (tertiary alicyclic amines) is 1. The second kappa shape index (κ2) is 6.70. The summed E-state index contributed by atoms with van der Waals surface area (Å²) in [4.78, 5) is 27.2. The summed E-state index contributed by atoms with van der Waals surface area (Å²) in [6.45, 7) is 1.59. The minimum Gasteiger partial charge on any atom is -0.378 e. The van der Waals surface area contributed by atoms with E-state index in [1.54, 1.807) is 23.1 Å². The van der Waals surface area contributed by atoms with E-state index in [2.05, 4.69) is 10.5 Å². The molecule has 0 unspecified atom stereocenters. The Kier molecular flexibility index (Phi) is 4.46. The lowest BCUT2D eigenvalue weighted by Crippen LogP contribution is -2.42. The molecule has 1 aliphatic heterocycles. The Bertz CT molecular complexity index is 752. The van der Waals surface area contributed by atoms with Crippen LogP contribution in [0.5, 0.6) is 0 Å². The SMILES string of the molecule is CN(C)c1ccc(Nc2cc(C(=O)N3CCC3)ccc2N=O)cc1. The van der Waals surface area contributed by atoms with Crippen LogP contribution >= 0.6 is 0 Å². The molecule has 6 heteroatoms. The second-order valence-corrected chi connectivity index (χ2v) is 6.04. The average Bonchev–Trinajstić information content (AvgIpc) is 2.53. The first-order valence-electron chi connectivity index (χ1n) is 7.89. The highest BCUT2D eigenvalue weighted by molar-refractivity contribution is 5.97. The number of hydrogen-bond acceptors (Lipinski definition) is 5. The predicted octanol–water partition coefficient (Wildman–Crippen LogP) is 3.74. The quantitative estimate of drug-likeness (QED) is 0.851. The van der Waals surface area contributed by atoms with Crippen molar-refractivity contribution in [2.24, 2.45) is 5.18 Å². The summed E-state index contributed by atoms with van der Waals surface area (Å²) in [6.07, 6.45) is 1.04. The largest absolute Gasteiger partial charge is 0.378 e. The Labute approximate surface area is 141 Å². The molecule has 0 bridgehead atoms. The van der Waals surface area contributed by atoms with Crippen LogP contribution in [0.2, 0.25) is 0 Å². The summed E-state index contributed by atoms with van der Waals surface area (Å²) in [7, 11) is 3.95. The van der Waals surface area contributed by atoms with E-state index in [0.29, 0.717) is 11.3 Å². The summed E-state index contributed by atoms with van der Waals surface area (Å²) in [5, 5.41) is 6.22. The third kappa shape index (κ3) is 3.22. The standard InChI is InChI=1S/C18H20N4O2/c1-21(2)15-7-5-14(6-8-15)19-17-12-13(4-9-16(17)20-24)18(23)22-10-3-11-22/h4-9,12,19H,3,10-11H2,1-2H3. The van der Waals surface area contributed by atoms with Crippen LogP contribution in [0.4, 0.5) is 22.7 Å². The van der Waals surface area contributed by atoms with Crippen molar-refractivity contribution in [1.29, 1.82) is 0 Å². The Hall–Kier alpha value is -2.89. The molecule has 2 aromatic rings. The fraction of sp³-hybridized carbons (Fsp3) is 0.278. The van der Waals surface area contributed by atoms with Crippen LogP contribution in [0.15, 0.2) is 47.6 Å². The maximum atomic E-state index is 12.3. The van der Waals surface area contributed by atoms with Gasteiger partial charge >= 0.3 is 0 Å². The molecule has 1 saturated heterocycles. The number of carbonyl (C=O) groups is 1. The van der Waals surface area contributed by atoms with Crippen molar-refractivity contribution in [3.05, 3.63) is 52.9 Å². The monoisotopic (exact) mass is 324 g/mol. The molecular weight excluding hydrogens is 304 g/mol. The van der Waals surface area contributed by atoms with Gasteiger partial charge in [0.2, 0.25) is 0 Å². The molecule has 1 fully saturated rings. The number of carbonyl (C=O) groups excluding carboxylic acids is 1. The van der Waals surface area contributed by atoms with Crippen molar-refractivity contribution < 1.29 is 4.79 Å². The highest BCUT2D eigenvalue weighted by Gasteiger charge is 2.22. The lowest BCUT2D eigenvalue weighted by atomic mass is 10.1. The van der Waals surface area contributed by atoms with Crippen molar-refractivity contribution in [1.82, 2.24) is 4.90 Å². The second-order valence-electron chi connectivity index (χ2n) is 6.04. The Morgan fingerprint density at radius 1 is 1.12 bits per heavy atom. The molecule has 0 aliphatic carbocycles. The van der Waals surface area contributed by atoms with Crippen molar-refractivity contribution >= 4 is 28.7 Å². The van der Waals surface area contributed by atoms with Gasteiger partial charge in [-0.25, -0.2) is 0 Å². The van der Waals surface area contributed by atoms with Gasteiger partial charge in [-0.3, -0.25) is 4.79 Å². The van der Waals surface area contributed by atoms with E-state index in [0.717, 1.165) is 30.9 Å². The minimum atomic E-state index is -0.00953. The molecule has 0 aromatic heterocycles. The molecule has 0 atom stereocenters. The number of amides is 1. The summed E-state index contributed by atoms with van der Waals surface area (Å²) >= 11 is 0. The van der Waals surface area contributed by atoms with Crippen molar-refractivity contribution in [2.45, 2.75) is 6.42 Å². The van der Waals surface area contributed by atoms with E-state index in [1.807, 2.05) is 43.3 Å². The number of nitrogens with zero attached hydrogens (tertiary/aromatic N) is 3. The van der Waals surface area contributed by atoms with Gasteiger partial charge in [-0.2, -0.15) is 0 Å². The number of benzene rings is 2. The van der Waals surface area contributed by atoms with Crippen molar-refractivity contribution in [3.63, 3.8) is 0 Å². The first kappa shape index (κ1) is 16.0. The summed E-state index contributed by atoms with van der Waals surface area (Å²) in [6, 6.07) is 12.7. The molecule has 1 N–H and O–H groups in total. The molecule has 1 aliphatic rings. The molecule has 1 heterocycles. The first-order valence-corrected chi connectivity index (χ1v) is 7.89. The fourth-order valence-corrected chi connectivity index (χ4v) is 2.55. The average molecular weight is 324 g/mol. The third-order valence-corrected chi connectivity index (χ3v) is 4.15. The van der Waals surface area contributed by atoms with E-state index >= 15 is 0 Å². The number of nitrogens with one attached hydrogen (secondary N) is 1. The Morgan fingerprint density at radius 3 is 2.38 bits per heavy atom. The molecule has 2 aromatic carbocycles. The first-order chi connectivity index (χ1) is 11.6. The molecule has 6 nitrogen and oxygen atoms in total. The molecule has 124 valence electrons. The van der Waals surface area contributed by atoms with E-state index < -0.39 is 0 Å². The van der Waals surface area contributed by atoms with Crippen LogP contribution in [-0.4, -0.2) is 38.0 Å². The van der Waals surface area contributed by atoms with E-state index in [-0.39, 0.29) is 11.6 Å². The van der Waals surface area contributed by atoms with Crippen LogP contribution < -0.4 is 10.2 Å². The summed E-state index contributed by atoms with van der Waals surface area (Å²) < 4.78 is 0. The number of nitroso groups, excluding NO2 is 1. The van der Waals surface area contributed by atoms with Gasteiger partial charge in [-0.1, -0.05) is 0 Å². The topological polar surface area (TPSA) is 65.0 Å². The number of anilines is 3. The van der Waals surface area contributed by atoms with Gasteiger partial charge in [0.1, 0.15) is 5.69 Å². The maximum Gasteiger partial charge on any atom is 0.253 e. The number of rotatable bonds is 5. The lowest BCUT2D eigenvalue weighted by Gasteiger charge is -2.31. The van der Waals surface area contributed by atoms with Gasteiger partial charge in [0, 0.05) is 44.1 Å². The van der Waals surface area contributed by atoms with Crippen LogP contribution in [-0.2, 0) is 0 Å². The molecule has 24 heavy (non-hydrogen) atoms. The zero-order chi connectivity index (χ0) is 17.1. The van der Waals surface area contributed by atoms with E-state index in [9.17, 15) is 9.70 Å². The molecule has 3 rings (SSSR count). The summed E-state index contributed by atoms with van der Waals surface area (Å²) in [5.41, 5.74) is 3.30. The number of hydrogen-bond donors (Lipinski definition) is 1. The highest BCUT2D eigenvalue weighted by atomic mass is 16.3. The normalized spacial score (nSPS) is 13.2. The zero-order valence-electron chi connectivity index (χ0n) is 13.8. The predicted molar refractivity (Wildman–Crippen MR) is 96.5 cm³/mol. The van der Waals surface area contributed by atoms with Crippen molar-refractivity contribution in [3.8, 4) is 0 Å². The van der Waals surface area contributed by atoms with Gasteiger partial charge in [-0.05, 0) is 54.1 Å². The minimum absolute atomic E-state index is 0.00953. The van der Waals surface area contributed by atoms with Crippen LogP contribution in [0.3, 0.4) is 0 Å². The van der Waals surface area contributed by atoms with Gasteiger partial charge in [-0.15, -0.1) is 4.91 Å². The molecular formula is C18H20N4O2. The van der Waals surface area contributed by atoms with Gasteiger partial charge < -0.3 is 15.1 Å². The molecule has 0 radical (unpaired) electrons. The van der Waals surface area contributed by atoms with Gasteiger partial charge in [0.15, 0.2) is 0 Å². The van der Waals surface area contributed by atoms with Crippen molar-refractivity contribution in [2.75, 3.05) is 37.4 Å². The maximum absolute atomic E-state index is 12.3. The molecule has 0 saturated carbocycles. The lowest BCUT2D eigenvalue weighted by molar-refractivity contribution is 0.0652. The van der Waals surface area contributed by atoms with Gasteiger partial charge in [0.05, 0.1) is 5.69 Å². The Balaban J connectivity index is 1.85. The van der Waals surface area contributed by atoms with Gasteiger partial charge in [0.25, 0.3) is 5.91 Å². The third-order valence-electron chi connectivity index (χ3n) is 4.15. The zero-order valence-corrected chi connectivity index (χ0v) is 13.8. The smallest absolute Gasteiger partial charge is 0.253 e. The van der Waals surface area contributed by atoms with E-state index in [1.165, 1.54) is 0 Å². The molecule has 0 spiro atoms. The fourth-order valence-electron chi connectivity index (χ4n) is 2.55. The van der Waals surface area contributed by atoms with Crippen LogP contribution in [0.1, 0.15) is 16.8 Å². The molecule has 1 amide bonds. The van der Waals surface area contributed by atoms with Crippen LogP contribution in [0, 0.1) is 4.91 Å². The van der Waals surface area contributed by atoms with Crippen LogP contribution in [0.25, 0.3) is 0 Å². The summed E-state index contributed by atoms with van der Waals surface area (Å²) in [5.74, 6) is -0.00953. The highest BCUT2D eigenvalue weighted by Crippen LogP contribution is 2.30. The van der Waals surface area contributed by atoms with E-state index in [4.69, 9.17) is 0 Å². The Morgan fingerprint density at radius 2 is 1.83 bits per heavy atom.